The number of methoxy groups -OCH3 is 3. The van der Waals surface area contributed by atoms with Gasteiger partial charge in [0.05, 0.1) is 51.9 Å². The maximum atomic E-state index is 12.2. The van der Waals surface area contributed by atoms with Gasteiger partial charge in [0.25, 0.3) is 0 Å². The molecule has 0 aliphatic carbocycles. The second-order valence-corrected chi connectivity index (χ2v) is 4.90. The number of anilines is 1. The van der Waals surface area contributed by atoms with Crippen LogP contribution in [-0.4, -0.2) is 52.5 Å². The number of carbonyl (C=O) groups is 3. The summed E-state index contributed by atoms with van der Waals surface area (Å²) < 4.78 is 25.0. The van der Waals surface area contributed by atoms with E-state index >= 15 is 0 Å². The molecule has 0 aliphatic heterocycles. The first kappa shape index (κ1) is 21.8. The summed E-state index contributed by atoms with van der Waals surface area (Å²) in [6, 6.07) is 2.89. The highest BCUT2D eigenvalue weighted by Gasteiger charge is 2.21. The molecular formula is C18H23NO8. The Hall–Kier alpha value is -3.23. The van der Waals surface area contributed by atoms with E-state index in [0.29, 0.717) is 24.7 Å². The van der Waals surface area contributed by atoms with Gasteiger partial charge in [-0.1, -0.05) is 0 Å². The van der Waals surface area contributed by atoms with Gasteiger partial charge in [-0.05, 0) is 13.8 Å². The third kappa shape index (κ3) is 5.91. The Morgan fingerprint density at radius 2 is 1.52 bits per heavy atom. The molecule has 0 radical (unpaired) electrons. The number of ether oxygens (including phenoxy) is 5. The van der Waals surface area contributed by atoms with Crippen LogP contribution in [0.3, 0.4) is 0 Å². The molecule has 148 valence electrons. The number of hydrogen-bond donors (Lipinski definition) is 1. The Bertz CT molecular complexity index is 726. The van der Waals surface area contributed by atoms with Gasteiger partial charge in [-0.15, -0.1) is 0 Å². The van der Waals surface area contributed by atoms with Gasteiger partial charge in [-0.25, -0.2) is 14.4 Å². The number of rotatable bonds is 9. The van der Waals surface area contributed by atoms with E-state index in [1.807, 2.05) is 0 Å². The first-order valence-corrected chi connectivity index (χ1v) is 8.08. The molecule has 9 heteroatoms. The molecule has 0 amide bonds. The molecule has 9 nitrogen and oxygen atoms in total. The van der Waals surface area contributed by atoms with Crippen molar-refractivity contribution in [3.05, 3.63) is 29.5 Å². The average Bonchev–Trinajstić information content (AvgIpc) is 2.67. The zero-order valence-electron chi connectivity index (χ0n) is 15.9. The molecule has 0 heterocycles. The molecule has 0 atom stereocenters. The van der Waals surface area contributed by atoms with Gasteiger partial charge in [-0.3, -0.25) is 0 Å². The molecule has 0 saturated heterocycles. The lowest BCUT2D eigenvalue weighted by atomic mass is 10.1. The lowest BCUT2D eigenvalue weighted by Gasteiger charge is -2.17. The molecular weight excluding hydrogens is 358 g/mol. The van der Waals surface area contributed by atoms with Gasteiger partial charge in [0.1, 0.15) is 5.70 Å². The SMILES string of the molecule is CCOc1cc(N/C(=C/C(=O)OC)C(=O)OC)c(C(=O)OC)cc1OCC. The van der Waals surface area contributed by atoms with Crippen LogP contribution in [0.1, 0.15) is 24.2 Å². The van der Waals surface area contributed by atoms with E-state index in [1.54, 1.807) is 13.8 Å². The standard InChI is InChI=1S/C18H23NO8/c1-6-26-14-8-11(17(21)24-4)12(9-15(14)27-7-2)19-13(18(22)25-5)10-16(20)23-3/h8-10,19H,6-7H2,1-5H3/b13-10+. The molecule has 0 spiro atoms. The summed E-state index contributed by atoms with van der Waals surface area (Å²) in [7, 11) is 3.53. The van der Waals surface area contributed by atoms with Crippen LogP contribution in [0.15, 0.2) is 23.9 Å². The summed E-state index contributed by atoms with van der Waals surface area (Å²) in [6.45, 7) is 4.27. The fraction of sp³-hybridized carbons (Fsp3) is 0.389. The van der Waals surface area contributed by atoms with Crippen LogP contribution in [0.5, 0.6) is 11.5 Å². The van der Waals surface area contributed by atoms with Crippen LogP contribution in [0.25, 0.3) is 0 Å². The van der Waals surface area contributed by atoms with Crippen molar-refractivity contribution in [2.24, 2.45) is 0 Å². The summed E-state index contributed by atoms with van der Waals surface area (Å²) in [6.07, 6.45) is 0.906. The monoisotopic (exact) mass is 381 g/mol. The van der Waals surface area contributed by atoms with E-state index in [-0.39, 0.29) is 16.9 Å². The van der Waals surface area contributed by atoms with E-state index in [1.165, 1.54) is 19.2 Å². The summed E-state index contributed by atoms with van der Waals surface area (Å²) in [4.78, 5) is 35.7. The summed E-state index contributed by atoms with van der Waals surface area (Å²) in [5.74, 6) is -1.61. The van der Waals surface area contributed by atoms with Crippen LogP contribution in [0.2, 0.25) is 0 Å². The molecule has 1 N–H and O–H groups in total. The second kappa shape index (κ2) is 10.7. The fourth-order valence-electron chi connectivity index (χ4n) is 2.06. The summed E-state index contributed by atoms with van der Waals surface area (Å²) in [5.41, 5.74) is -0.000473. The molecule has 0 aromatic heterocycles. The fourth-order valence-corrected chi connectivity index (χ4v) is 2.06. The van der Waals surface area contributed by atoms with Crippen molar-refractivity contribution in [1.82, 2.24) is 0 Å². The zero-order chi connectivity index (χ0) is 20.4. The maximum Gasteiger partial charge on any atom is 0.354 e. The van der Waals surface area contributed by atoms with Gasteiger partial charge >= 0.3 is 17.9 Å². The normalized spacial score (nSPS) is 10.6. The lowest BCUT2D eigenvalue weighted by Crippen LogP contribution is -2.17. The molecule has 0 bridgehead atoms. The topological polar surface area (TPSA) is 109 Å². The first-order valence-electron chi connectivity index (χ1n) is 8.08. The van der Waals surface area contributed by atoms with Crippen molar-refractivity contribution < 1.29 is 38.1 Å². The summed E-state index contributed by atoms with van der Waals surface area (Å²) >= 11 is 0. The third-order valence-corrected chi connectivity index (χ3v) is 3.23. The molecule has 1 aromatic carbocycles. The molecule has 27 heavy (non-hydrogen) atoms. The van der Waals surface area contributed by atoms with E-state index in [9.17, 15) is 14.4 Å². The van der Waals surface area contributed by atoms with Crippen LogP contribution >= 0.6 is 0 Å². The minimum atomic E-state index is -0.830. The minimum Gasteiger partial charge on any atom is -0.490 e. The van der Waals surface area contributed by atoms with Crippen molar-refractivity contribution in [3.8, 4) is 11.5 Å². The van der Waals surface area contributed by atoms with Crippen molar-refractivity contribution in [2.45, 2.75) is 13.8 Å². The number of benzene rings is 1. The van der Waals surface area contributed by atoms with Crippen LogP contribution in [0, 0.1) is 0 Å². The Kier molecular flexibility index (Phi) is 8.64. The Labute approximate surface area is 157 Å². The van der Waals surface area contributed by atoms with E-state index in [4.69, 9.17) is 14.2 Å². The molecule has 1 aromatic rings. The Morgan fingerprint density at radius 1 is 0.926 bits per heavy atom. The number of carbonyl (C=O) groups excluding carboxylic acids is 3. The van der Waals surface area contributed by atoms with Gasteiger partial charge in [0, 0.05) is 12.1 Å². The quantitative estimate of drug-likeness (QED) is 0.390. The van der Waals surface area contributed by atoms with E-state index in [0.717, 1.165) is 20.3 Å². The second-order valence-electron chi connectivity index (χ2n) is 4.90. The first-order chi connectivity index (χ1) is 12.9. The Morgan fingerprint density at radius 3 is 2.00 bits per heavy atom. The molecule has 0 saturated carbocycles. The van der Waals surface area contributed by atoms with E-state index in [2.05, 4.69) is 14.8 Å². The summed E-state index contributed by atoms with van der Waals surface area (Å²) in [5, 5.41) is 2.70. The smallest absolute Gasteiger partial charge is 0.354 e. The predicted octanol–water partition coefficient (Wildman–Crippen LogP) is 1.91. The number of hydrogen-bond acceptors (Lipinski definition) is 9. The van der Waals surface area contributed by atoms with Gasteiger partial charge < -0.3 is 29.0 Å². The number of nitrogens with one attached hydrogen (secondary N) is 1. The zero-order valence-corrected chi connectivity index (χ0v) is 15.9. The average molecular weight is 381 g/mol. The highest BCUT2D eigenvalue weighted by atomic mass is 16.5. The Balaban J connectivity index is 3.50. The molecule has 0 fully saturated rings. The lowest BCUT2D eigenvalue weighted by molar-refractivity contribution is -0.138. The highest BCUT2D eigenvalue weighted by molar-refractivity contribution is 6.02. The van der Waals surface area contributed by atoms with Gasteiger partial charge in [0.15, 0.2) is 11.5 Å². The van der Waals surface area contributed by atoms with Crippen LogP contribution in [0.4, 0.5) is 5.69 Å². The highest BCUT2D eigenvalue weighted by Crippen LogP contribution is 2.35. The van der Waals surface area contributed by atoms with Crippen molar-refractivity contribution in [1.29, 1.82) is 0 Å². The molecule has 1 rings (SSSR count). The van der Waals surface area contributed by atoms with Gasteiger partial charge in [-0.2, -0.15) is 0 Å². The number of esters is 3. The van der Waals surface area contributed by atoms with Crippen molar-refractivity contribution >= 4 is 23.6 Å². The largest absolute Gasteiger partial charge is 0.490 e. The van der Waals surface area contributed by atoms with Crippen LogP contribution in [-0.2, 0) is 23.8 Å². The third-order valence-electron chi connectivity index (χ3n) is 3.23. The molecule has 0 aliphatic rings. The molecule has 0 unspecified atom stereocenters. The van der Waals surface area contributed by atoms with Gasteiger partial charge in [0.2, 0.25) is 0 Å². The predicted molar refractivity (Wildman–Crippen MR) is 95.9 cm³/mol. The van der Waals surface area contributed by atoms with Crippen molar-refractivity contribution in [3.63, 3.8) is 0 Å². The van der Waals surface area contributed by atoms with Crippen LogP contribution < -0.4 is 14.8 Å². The minimum absolute atomic E-state index is 0.0732. The van der Waals surface area contributed by atoms with E-state index < -0.39 is 17.9 Å². The maximum absolute atomic E-state index is 12.2. The van der Waals surface area contributed by atoms with Crippen molar-refractivity contribution in [2.75, 3.05) is 39.9 Å².